The fraction of sp³-hybridized carbons (Fsp3) is 0.188. The highest BCUT2D eigenvalue weighted by Crippen LogP contribution is 2.32. The van der Waals surface area contributed by atoms with E-state index in [1.165, 1.54) is 19.1 Å². The molecule has 1 fully saturated rings. The summed E-state index contributed by atoms with van der Waals surface area (Å²) in [4.78, 5) is 35.8. The van der Waals surface area contributed by atoms with Gasteiger partial charge in [0.25, 0.3) is 0 Å². The van der Waals surface area contributed by atoms with E-state index in [-0.39, 0.29) is 17.3 Å². The molecule has 43 heavy (non-hydrogen) atoms. The number of ether oxygens (including phenoxy) is 1. The summed E-state index contributed by atoms with van der Waals surface area (Å²) in [5.41, 5.74) is 3.29. The van der Waals surface area contributed by atoms with Gasteiger partial charge in [-0.25, -0.2) is 19.2 Å². The van der Waals surface area contributed by atoms with E-state index in [0.29, 0.717) is 24.7 Å². The summed E-state index contributed by atoms with van der Waals surface area (Å²) < 4.78 is 25.6. The SMILES string of the molecule is CC(=O)Nc1ccc(NC(=O)Nc2ccc(-c3nc(N4CCOCC4)c4ccc(-c5ccc(C)o5)cc4n3)cc2)cc1F. The number of hydrogen-bond acceptors (Lipinski definition) is 7. The van der Waals surface area contributed by atoms with Crippen LogP contribution >= 0.6 is 0 Å². The summed E-state index contributed by atoms with van der Waals surface area (Å²) in [5.74, 6) is 1.95. The number of nitrogens with zero attached hydrogens (tertiary/aromatic N) is 3. The number of benzene rings is 3. The quantitative estimate of drug-likeness (QED) is 0.211. The van der Waals surface area contributed by atoms with Crippen molar-refractivity contribution in [2.24, 2.45) is 0 Å². The van der Waals surface area contributed by atoms with Crippen molar-refractivity contribution in [2.75, 3.05) is 47.2 Å². The molecular weight excluding hydrogens is 551 g/mol. The molecule has 3 N–H and O–H groups in total. The first-order valence-electron chi connectivity index (χ1n) is 13.8. The zero-order valence-electron chi connectivity index (χ0n) is 23.6. The third-order valence-electron chi connectivity index (χ3n) is 6.95. The number of urea groups is 1. The van der Waals surface area contributed by atoms with Gasteiger partial charge in [-0.2, -0.15) is 0 Å². The number of carbonyl (C=O) groups is 2. The van der Waals surface area contributed by atoms with Crippen LogP contribution in [0.4, 0.5) is 32.1 Å². The van der Waals surface area contributed by atoms with E-state index < -0.39 is 11.8 Å². The second kappa shape index (κ2) is 11.9. The molecule has 11 heteroatoms. The minimum absolute atomic E-state index is 0.0361. The van der Waals surface area contributed by atoms with Gasteiger partial charge in [0, 0.05) is 47.9 Å². The minimum atomic E-state index is -0.657. The van der Waals surface area contributed by atoms with Crippen LogP contribution in [0.3, 0.4) is 0 Å². The molecular formula is C32H29FN6O4. The maximum atomic E-state index is 14.2. The topological polar surface area (TPSA) is 122 Å². The number of amides is 3. The molecule has 0 bridgehead atoms. The Morgan fingerprint density at radius 3 is 2.26 bits per heavy atom. The number of nitrogens with one attached hydrogen (secondary N) is 3. The van der Waals surface area contributed by atoms with Gasteiger partial charge in [-0.05, 0) is 73.7 Å². The van der Waals surface area contributed by atoms with Crippen LogP contribution in [0.15, 0.2) is 77.2 Å². The lowest BCUT2D eigenvalue weighted by molar-refractivity contribution is -0.114. The van der Waals surface area contributed by atoms with E-state index in [4.69, 9.17) is 19.1 Å². The molecule has 0 spiro atoms. The maximum Gasteiger partial charge on any atom is 0.323 e. The first-order valence-corrected chi connectivity index (χ1v) is 13.8. The monoisotopic (exact) mass is 580 g/mol. The number of anilines is 4. The Labute approximate surface area is 246 Å². The molecule has 1 aliphatic rings. The first kappa shape index (κ1) is 27.9. The van der Waals surface area contributed by atoms with Crippen LogP contribution in [0.25, 0.3) is 33.6 Å². The molecule has 2 aromatic heterocycles. The highest BCUT2D eigenvalue weighted by atomic mass is 19.1. The van der Waals surface area contributed by atoms with Crippen LogP contribution in [0.2, 0.25) is 0 Å². The summed E-state index contributed by atoms with van der Waals surface area (Å²) in [6, 6.07) is 20.6. The van der Waals surface area contributed by atoms with Crippen molar-refractivity contribution in [1.82, 2.24) is 9.97 Å². The Morgan fingerprint density at radius 1 is 0.837 bits per heavy atom. The Morgan fingerprint density at radius 2 is 1.56 bits per heavy atom. The zero-order valence-corrected chi connectivity index (χ0v) is 23.6. The predicted octanol–water partition coefficient (Wildman–Crippen LogP) is 6.44. The minimum Gasteiger partial charge on any atom is -0.461 e. The number of fused-ring (bicyclic) bond motifs is 1. The van der Waals surface area contributed by atoms with Crippen LogP contribution in [-0.2, 0) is 9.53 Å². The number of halogens is 1. The average molecular weight is 581 g/mol. The maximum absolute atomic E-state index is 14.2. The number of aromatic nitrogens is 2. The van der Waals surface area contributed by atoms with Gasteiger partial charge in [-0.1, -0.05) is 6.07 Å². The number of rotatable bonds is 6. The van der Waals surface area contributed by atoms with E-state index >= 15 is 0 Å². The molecule has 0 unspecified atom stereocenters. The van der Waals surface area contributed by atoms with Crippen molar-refractivity contribution >= 4 is 45.7 Å². The lowest BCUT2D eigenvalue weighted by Crippen LogP contribution is -2.37. The Kier molecular flexibility index (Phi) is 7.71. The lowest BCUT2D eigenvalue weighted by atomic mass is 10.1. The van der Waals surface area contributed by atoms with Gasteiger partial charge in [0.2, 0.25) is 5.91 Å². The second-order valence-electron chi connectivity index (χ2n) is 10.1. The summed E-state index contributed by atoms with van der Waals surface area (Å²) >= 11 is 0. The Hall–Kier alpha value is -5.29. The summed E-state index contributed by atoms with van der Waals surface area (Å²) in [6.07, 6.45) is 0. The smallest absolute Gasteiger partial charge is 0.323 e. The molecule has 10 nitrogen and oxygen atoms in total. The molecule has 5 aromatic rings. The molecule has 6 rings (SSSR count). The fourth-order valence-corrected chi connectivity index (χ4v) is 4.88. The van der Waals surface area contributed by atoms with Gasteiger partial charge in [-0.15, -0.1) is 0 Å². The molecule has 218 valence electrons. The van der Waals surface area contributed by atoms with Crippen molar-refractivity contribution in [2.45, 2.75) is 13.8 Å². The summed E-state index contributed by atoms with van der Waals surface area (Å²) in [5, 5.41) is 8.66. The van der Waals surface area contributed by atoms with Crippen LogP contribution in [0.1, 0.15) is 12.7 Å². The molecule has 3 aromatic carbocycles. The van der Waals surface area contributed by atoms with Crippen molar-refractivity contribution in [3.63, 3.8) is 0 Å². The number of morpholine rings is 1. The average Bonchev–Trinajstić information content (AvgIpc) is 3.44. The van der Waals surface area contributed by atoms with Gasteiger partial charge in [0.15, 0.2) is 5.82 Å². The fourth-order valence-electron chi connectivity index (χ4n) is 4.88. The van der Waals surface area contributed by atoms with Gasteiger partial charge in [-0.3, -0.25) is 4.79 Å². The van der Waals surface area contributed by atoms with Crippen molar-refractivity contribution in [1.29, 1.82) is 0 Å². The van der Waals surface area contributed by atoms with E-state index in [0.717, 1.165) is 58.5 Å². The first-order chi connectivity index (χ1) is 20.8. The molecule has 3 heterocycles. The van der Waals surface area contributed by atoms with Crippen molar-refractivity contribution in [3.8, 4) is 22.7 Å². The van der Waals surface area contributed by atoms with Crippen LogP contribution in [-0.4, -0.2) is 48.2 Å². The lowest BCUT2D eigenvalue weighted by Gasteiger charge is -2.29. The summed E-state index contributed by atoms with van der Waals surface area (Å²) in [7, 11) is 0. The molecule has 3 amide bonds. The van der Waals surface area contributed by atoms with Crippen LogP contribution in [0, 0.1) is 12.7 Å². The van der Waals surface area contributed by atoms with Gasteiger partial charge >= 0.3 is 6.03 Å². The van der Waals surface area contributed by atoms with Gasteiger partial charge < -0.3 is 30.0 Å². The van der Waals surface area contributed by atoms with E-state index in [1.807, 2.05) is 49.4 Å². The Bertz CT molecular complexity index is 1820. The number of aryl methyl sites for hydroxylation is 1. The third kappa shape index (κ3) is 6.31. The van der Waals surface area contributed by atoms with E-state index in [9.17, 15) is 14.0 Å². The number of furan rings is 1. The molecule has 1 aliphatic heterocycles. The molecule has 0 radical (unpaired) electrons. The van der Waals surface area contributed by atoms with Crippen molar-refractivity contribution in [3.05, 3.63) is 84.4 Å². The van der Waals surface area contributed by atoms with E-state index in [1.54, 1.807) is 12.1 Å². The van der Waals surface area contributed by atoms with E-state index in [2.05, 4.69) is 20.9 Å². The largest absolute Gasteiger partial charge is 0.461 e. The van der Waals surface area contributed by atoms with Gasteiger partial charge in [0.05, 0.1) is 24.4 Å². The normalized spacial score (nSPS) is 13.1. The highest BCUT2D eigenvalue weighted by Gasteiger charge is 2.19. The second-order valence-corrected chi connectivity index (χ2v) is 10.1. The number of carbonyl (C=O) groups excluding carboxylic acids is 2. The van der Waals surface area contributed by atoms with Crippen molar-refractivity contribution < 1.29 is 23.1 Å². The third-order valence-corrected chi connectivity index (χ3v) is 6.95. The molecule has 0 saturated carbocycles. The molecule has 0 atom stereocenters. The Balaban J connectivity index is 1.24. The molecule has 0 aliphatic carbocycles. The summed E-state index contributed by atoms with van der Waals surface area (Å²) in [6.45, 7) is 5.90. The predicted molar refractivity (Wildman–Crippen MR) is 164 cm³/mol. The highest BCUT2D eigenvalue weighted by molar-refractivity contribution is 6.00. The van der Waals surface area contributed by atoms with Crippen LogP contribution in [0.5, 0.6) is 0 Å². The van der Waals surface area contributed by atoms with Crippen LogP contribution < -0.4 is 20.9 Å². The van der Waals surface area contributed by atoms with Gasteiger partial charge in [0.1, 0.15) is 23.2 Å². The number of hydrogen-bond donors (Lipinski definition) is 3. The molecule has 1 saturated heterocycles. The zero-order chi connectivity index (χ0) is 29.9. The standard InChI is InChI=1S/C32H29FN6O4/c1-19-3-12-29(43-19)22-6-10-25-28(17-22)37-30(38-31(25)39-13-15-42-16-14-39)21-4-7-23(8-5-21)35-32(41)36-24-9-11-27(26(33)18-24)34-20(2)40/h3-12,17-18H,13-16H2,1-2H3,(H,34,40)(H2,35,36,41).